The number of carbonyl (C=O) groups excluding carboxylic acids is 1. The van der Waals surface area contributed by atoms with E-state index in [0.717, 1.165) is 17.9 Å². The summed E-state index contributed by atoms with van der Waals surface area (Å²) in [5.74, 6) is 7.86. The fraction of sp³-hybridized carbons (Fsp3) is 0.667. The lowest BCUT2D eigenvalue weighted by Crippen LogP contribution is -2.34. The maximum absolute atomic E-state index is 12.1. The quantitative estimate of drug-likeness (QED) is 0.173. The number of hydrogen-bond acceptors (Lipinski definition) is 10. The van der Waals surface area contributed by atoms with Crippen molar-refractivity contribution in [1.29, 1.82) is 0 Å². The van der Waals surface area contributed by atoms with Gasteiger partial charge in [-0.2, -0.15) is 11.8 Å². The maximum atomic E-state index is 12.1. The van der Waals surface area contributed by atoms with Gasteiger partial charge in [-0.05, 0) is 43.3 Å². The lowest BCUT2D eigenvalue weighted by atomic mass is 10.1. The van der Waals surface area contributed by atoms with Crippen molar-refractivity contribution in [2.75, 3.05) is 37.1 Å². The first-order valence-corrected chi connectivity index (χ1v) is 14.6. The second-order valence-electron chi connectivity index (χ2n) is 9.19. The molecular weight excluding hydrogens is 508 g/mol. The van der Waals surface area contributed by atoms with E-state index in [1.165, 1.54) is 38.4 Å². The third kappa shape index (κ3) is 8.32. The molecular formula is C27H40N4O6S. The van der Waals surface area contributed by atoms with Crippen molar-refractivity contribution in [1.82, 2.24) is 14.5 Å². The first-order chi connectivity index (χ1) is 18.5. The standard InChI is InChI=1S/C27H40N4O6S/c1-3-5-6-7-8-14-38-15-10-12-22(32)36-13-9-11-19-16-20-25(28)29-18-30-26(20)31(19)27-24(34)23(33)21(37-27)17-35-4-2/h16,18,21,23-24,27,33-34H,3-8,10,12-15,17H2,1-2H3,(H2,28,29,30). The summed E-state index contributed by atoms with van der Waals surface area (Å²) in [4.78, 5) is 20.4. The monoisotopic (exact) mass is 548 g/mol. The molecule has 2 aromatic heterocycles. The molecule has 0 bridgehead atoms. The highest BCUT2D eigenvalue weighted by atomic mass is 32.2. The van der Waals surface area contributed by atoms with Gasteiger partial charge in [-0.15, -0.1) is 0 Å². The number of aliphatic hydroxyl groups excluding tert-OH is 2. The Bertz CT molecular complexity index is 1080. The maximum Gasteiger partial charge on any atom is 0.306 e. The van der Waals surface area contributed by atoms with Gasteiger partial charge >= 0.3 is 5.97 Å². The first-order valence-electron chi connectivity index (χ1n) is 13.4. The smallest absolute Gasteiger partial charge is 0.306 e. The van der Waals surface area contributed by atoms with E-state index in [1.807, 2.05) is 18.7 Å². The van der Waals surface area contributed by atoms with E-state index < -0.39 is 24.5 Å². The molecule has 0 radical (unpaired) electrons. The van der Waals surface area contributed by atoms with Gasteiger partial charge in [0.15, 0.2) is 12.8 Å². The molecule has 0 aliphatic carbocycles. The number of carbonyl (C=O) groups is 1. The summed E-state index contributed by atoms with van der Waals surface area (Å²) < 4.78 is 18.2. The molecule has 1 saturated heterocycles. The van der Waals surface area contributed by atoms with Crippen LogP contribution in [0.15, 0.2) is 12.4 Å². The van der Waals surface area contributed by atoms with E-state index in [1.54, 1.807) is 10.6 Å². The number of hydrogen-bond donors (Lipinski definition) is 3. The molecule has 0 spiro atoms. The van der Waals surface area contributed by atoms with Gasteiger partial charge in [0.25, 0.3) is 0 Å². The molecule has 38 heavy (non-hydrogen) atoms. The van der Waals surface area contributed by atoms with Crippen molar-refractivity contribution in [3.05, 3.63) is 18.1 Å². The van der Waals surface area contributed by atoms with Crippen LogP contribution in [0.3, 0.4) is 0 Å². The predicted molar refractivity (Wildman–Crippen MR) is 148 cm³/mol. The number of rotatable bonds is 15. The Morgan fingerprint density at radius 3 is 2.74 bits per heavy atom. The fourth-order valence-corrected chi connectivity index (χ4v) is 5.22. The van der Waals surface area contributed by atoms with Crippen LogP contribution in [0.4, 0.5) is 5.82 Å². The van der Waals surface area contributed by atoms with Gasteiger partial charge in [0.05, 0.1) is 17.7 Å². The zero-order valence-corrected chi connectivity index (χ0v) is 23.1. The summed E-state index contributed by atoms with van der Waals surface area (Å²) in [5, 5.41) is 21.8. The molecule has 4 atom stereocenters. The van der Waals surface area contributed by atoms with Crippen molar-refractivity contribution in [2.24, 2.45) is 0 Å². The van der Waals surface area contributed by atoms with Crippen LogP contribution < -0.4 is 5.73 Å². The topological polar surface area (TPSA) is 142 Å². The van der Waals surface area contributed by atoms with E-state index in [0.29, 0.717) is 29.8 Å². The molecule has 4 unspecified atom stereocenters. The third-order valence-corrected chi connectivity index (χ3v) is 7.48. The highest BCUT2D eigenvalue weighted by Crippen LogP contribution is 2.34. The summed E-state index contributed by atoms with van der Waals surface area (Å²) in [7, 11) is 0. The van der Waals surface area contributed by atoms with E-state index >= 15 is 0 Å². The number of fused-ring (bicyclic) bond motifs is 1. The predicted octanol–water partition coefficient (Wildman–Crippen LogP) is 3.05. The number of nitrogen functional groups attached to an aromatic ring is 1. The van der Waals surface area contributed by atoms with Crippen molar-refractivity contribution in [3.63, 3.8) is 0 Å². The zero-order valence-electron chi connectivity index (χ0n) is 22.3. The lowest BCUT2D eigenvalue weighted by Gasteiger charge is -2.19. The summed E-state index contributed by atoms with van der Waals surface area (Å²) in [6.07, 6.45) is 4.76. The van der Waals surface area contributed by atoms with Gasteiger partial charge in [-0.25, -0.2) is 9.97 Å². The number of esters is 1. The Morgan fingerprint density at radius 1 is 1.16 bits per heavy atom. The Labute approximate surface area is 228 Å². The molecule has 3 rings (SSSR count). The van der Waals surface area contributed by atoms with Crippen LogP contribution in [0.5, 0.6) is 0 Å². The molecule has 4 N–H and O–H groups in total. The van der Waals surface area contributed by atoms with Gasteiger partial charge in [-0.1, -0.05) is 38.5 Å². The van der Waals surface area contributed by atoms with E-state index in [9.17, 15) is 15.0 Å². The minimum atomic E-state index is -1.24. The first kappa shape index (κ1) is 30.2. The van der Waals surface area contributed by atoms with Gasteiger partial charge < -0.3 is 30.2 Å². The van der Waals surface area contributed by atoms with E-state index in [-0.39, 0.29) is 25.0 Å². The molecule has 1 aliphatic rings. The van der Waals surface area contributed by atoms with Crippen LogP contribution in [0.1, 0.15) is 70.7 Å². The van der Waals surface area contributed by atoms with Gasteiger partial charge in [0.2, 0.25) is 0 Å². The third-order valence-electron chi connectivity index (χ3n) is 6.32. The minimum Gasteiger partial charge on any atom is -0.452 e. The highest BCUT2D eigenvalue weighted by Gasteiger charge is 2.45. The average Bonchev–Trinajstić information content (AvgIpc) is 3.41. The molecule has 1 aliphatic heterocycles. The Hall–Kier alpha value is -2.36. The normalized spacial score (nSPS) is 20.9. The van der Waals surface area contributed by atoms with Crippen molar-refractivity contribution in [2.45, 2.75) is 83.3 Å². The minimum absolute atomic E-state index is 0.0737. The summed E-state index contributed by atoms with van der Waals surface area (Å²) >= 11 is 1.88. The van der Waals surface area contributed by atoms with Crippen LogP contribution in [0, 0.1) is 11.8 Å². The zero-order chi connectivity index (χ0) is 27.3. The molecule has 10 nitrogen and oxygen atoms in total. The number of aromatic nitrogens is 3. The molecule has 0 aromatic carbocycles. The number of unbranched alkanes of at least 4 members (excludes halogenated alkanes) is 4. The summed E-state index contributed by atoms with van der Waals surface area (Å²) in [6, 6.07) is 1.69. The number of aliphatic hydroxyl groups is 2. The van der Waals surface area contributed by atoms with E-state index in [2.05, 4.69) is 28.7 Å². The number of nitrogens with zero attached hydrogens (tertiary/aromatic N) is 3. The van der Waals surface area contributed by atoms with Crippen molar-refractivity contribution < 1.29 is 29.2 Å². The molecule has 3 heterocycles. The summed E-state index contributed by atoms with van der Waals surface area (Å²) in [6.45, 7) is 4.57. The second kappa shape index (κ2) is 15.9. The molecule has 11 heteroatoms. The van der Waals surface area contributed by atoms with Crippen LogP contribution in [0.2, 0.25) is 0 Å². The molecule has 0 amide bonds. The largest absolute Gasteiger partial charge is 0.452 e. The Kier molecular flexibility index (Phi) is 12.6. The lowest BCUT2D eigenvalue weighted by molar-refractivity contribution is -0.142. The molecule has 1 fully saturated rings. The number of nitrogens with two attached hydrogens (primary N) is 1. The van der Waals surface area contributed by atoms with Crippen LogP contribution >= 0.6 is 11.8 Å². The number of ether oxygens (including phenoxy) is 3. The van der Waals surface area contributed by atoms with Crippen LogP contribution in [-0.2, 0) is 19.0 Å². The Morgan fingerprint density at radius 2 is 1.95 bits per heavy atom. The fourth-order valence-electron chi connectivity index (χ4n) is 4.26. The SMILES string of the molecule is CCCCCCCSCCCC(=O)OCC#Cc1cc2c(N)ncnc2n1C1OC(COCC)C(O)C1O. The van der Waals surface area contributed by atoms with E-state index in [4.69, 9.17) is 19.9 Å². The molecule has 0 saturated carbocycles. The highest BCUT2D eigenvalue weighted by molar-refractivity contribution is 7.99. The van der Waals surface area contributed by atoms with Gasteiger partial charge in [0, 0.05) is 13.0 Å². The number of thioether (sulfide) groups is 1. The van der Waals surface area contributed by atoms with Crippen LogP contribution in [0.25, 0.3) is 11.0 Å². The second-order valence-corrected chi connectivity index (χ2v) is 10.4. The van der Waals surface area contributed by atoms with Crippen molar-refractivity contribution in [3.8, 4) is 11.8 Å². The molecule has 2 aromatic rings. The molecule has 210 valence electrons. The van der Waals surface area contributed by atoms with Crippen molar-refractivity contribution >= 4 is 34.6 Å². The Balaban J connectivity index is 1.56. The van der Waals surface area contributed by atoms with Crippen LogP contribution in [-0.4, -0.2) is 80.4 Å². The average molecular weight is 549 g/mol. The van der Waals surface area contributed by atoms with Gasteiger partial charge in [0.1, 0.15) is 36.1 Å². The number of anilines is 1. The van der Waals surface area contributed by atoms with Gasteiger partial charge in [-0.3, -0.25) is 9.36 Å². The summed E-state index contributed by atoms with van der Waals surface area (Å²) in [5.41, 5.74) is 6.88.